The normalized spacial score (nSPS) is 21.3. The predicted octanol–water partition coefficient (Wildman–Crippen LogP) is 3.46. The van der Waals surface area contributed by atoms with Crippen molar-refractivity contribution in [2.45, 2.75) is 38.8 Å². The van der Waals surface area contributed by atoms with Gasteiger partial charge >= 0.3 is 0 Å². The highest BCUT2D eigenvalue weighted by atomic mass is 79.9. The van der Waals surface area contributed by atoms with Crippen molar-refractivity contribution >= 4 is 33.4 Å². The number of piperidine rings is 1. The van der Waals surface area contributed by atoms with E-state index in [1.807, 2.05) is 11.8 Å². The van der Waals surface area contributed by atoms with E-state index in [-0.39, 0.29) is 11.9 Å². The number of nitrogens with two attached hydrogens (primary N) is 1. The van der Waals surface area contributed by atoms with E-state index in [9.17, 15) is 4.79 Å². The average molecular weight is 390 g/mol. The molecule has 0 saturated carbocycles. The number of ether oxygens (including phenoxy) is 1. The lowest BCUT2D eigenvalue weighted by atomic mass is 9.92. The summed E-state index contributed by atoms with van der Waals surface area (Å²) in [5, 5.41) is 0.619. The molecule has 6 heteroatoms. The van der Waals surface area contributed by atoms with Crippen LogP contribution in [0.2, 0.25) is 5.02 Å². The smallest absolute Gasteiger partial charge is 0.263 e. The van der Waals surface area contributed by atoms with E-state index in [0.29, 0.717) is 23.2 Å². The third-order valence-electron chi connectivity index (χ3n) is 4.06. The van der Waals surface area contributed by atoms with E-state index in [4.69, 9.17) is 22.1 Å². The van der Waals surface area contributed by atoms with Crippen LogP contribution in [0.25, 0.3) is 0 Å². The van der Waals surface area contributed by atoms with Crippen LogP contribution in [0.15, 0.2) is 22.7 Å². The lowest BCUT2D eigenvalue weighted by Gasteiger charge is -2.35. The quantitative estimate of drug-likeness (QED) is 0.858. The Morgan fingerprint density at radius 3 is 2.86 bits per heavy atom. The first-order valence-electron chi connectivity index (χ1n) is 7.54. The minimum Gasteiger partial charge on any atom is -0.480 e. The molecule has 1 aromatic carbocycles. The summed E-state index contributed by atoms with van der Waals surface area (Å²) in [6, 6.07) is 5.36. The molecular formula is C16H22BrClN2O2. The van der Waals surface area contributed by atoms with Gasteiger partial charge in [-0.05, 0) is 66.7 Å². The second-order valence-corrected chi connectivity index (χ2v) is 7.17. The summed E-state index contributed by atoms with van der Waals surface area (Å²) in [5.74, 6) is 0.991. The summed E-state index contributed by atoms with van der Waals surface area (Å²) in [7, 11) is 0. The Labute approximate surface area is 145 Å². The third-order valence-corrected chi connectivity index (χ3v) is 4.91. The minimum atomic E-state index is -0.538. The Bertz CT molecular complexity index is 539. The zero-order valence-electron chi connectivity index (χ0n) is 12.9. The number of hydrogen-bond donors (Lipinski definition) is 1. The lowest BCUT2D eigenvalue weighted by Crippen LogP contribution is -2.48. The molecule has 0 aliphatic carbocycles. The largest absolute Gasteiger partial charge is 0.480 e. The van der Waals surface area contributed by atoms with Gasteiger partial charge in [0.2, 0.25) is 0 Å². The Hall–Kier alpha value is -0.780. The van der Waals surface area contributed by atoms with E-state index in [0.717, 1.165) is 23.9 Å². The summed E-state index contributed by atoms with van der Waals surface area (Å²) in [5.41, 5.74) is 5.98. The van der Waals surface area contributed by atoms with Crippen molar-refractivity contribution in [1.82, 2.24) is 4.90 Å². The maximum atomic E-state index is 12.6. The van der Waals surface area contributed by atoms with Crippen LogP contribution in [-0.2, 0) is 4.79 Å². The summed E-state index contributed by atoms with van der Waals surface area (Å²) in [6.45, 7) is 5.27. The molecule has 1 saturated heterocycles. The molecule has 0 unspecified atom stereocenters. The fourth-order valence-corrected chi connectivity index (χ4v) is 3.48. The van der Waals surface area contributed by atoms with Gasteiger partial charge in [0.05, 0.1) is 4.47 Å². The Balaban J connectivity index is 1.99. The van der Waals surface area contributed by atoms with Crippen molar-refractivity contribution in [1.29, 1.82) is 0 Å². The SMILES string of the molecule is C[C@H](Oc1ccc(Cl)cc1Br)C(=O)N1CCC[C@H]([C@@H](C)N)C1. The van der Waals surface area contributed by atoms with Crippen LogP contribution in [0.5, 0.6) is 5.75 Å². The van der Waals surface area contributed by atoms with Gasteiger partial charge in [-0.3, -0.25) is 4.79 Å². The van der Waals surface area contributed by atoms with Crippen LogP contribution in [0.4, 0.5) is 0 Å². The standard InChI is InChI=1S/C16H22BrClN2O2/c1-10(19)12-4-3-7-20(9-12)16(21)11(2)22-15-6-5-13(18)8-14(15)17/h5-6,8,10-12H,3-4,7,9,19H2,1-2H3/t10-,11+,12+/m1/s1. The van der Waals surface area contributed by atoms with E-state index in [1.165, 1.54) is 0 Å². The fourth-order valence-electron chi connectivity index (χ4n) is 2.71. The van der Waals surface area contributed by atoms with Crippen LogP contribution in [-0.4, -0.2) is 36.0 Å². The number of rotatable bonds is 4. The molecule has 1 aliphatic rings. The Morgan fingerprint density at radius 2 is 2.23 bits per heavy atom. The molecule has 0 spiro atoms. The number of amides is 1. The maximum Gasteiger partial charge on any atom is 0.263 e. The van der Waals surface area contributed by atoms with E-state index in [2.05, 4.69) is 15.9 Å². The summed E-state index contributed by atoms with van der Waals surface area (Å²) < 4.78 is 6.53. The number of nitrogens with zero attached hydrogens (tertiary/aromatic N) is 1. The predicted molar refractivity (Wildman–Crippen MR) is 92.2 cm³/mol. The van der Waals surface area contributed by atoms with Gasteiger partial charge in [0.15, 0.2) is 6.10 Å². The van der Waals surface area contributed by atoms with Crippen molar-refractivity contribution in [2.75, 3.05) is 13.1 Å². The molecule has 0 aromatic heterocycles. The topological polar surface area (TPSA) is 55.6 Å². The molecule has 0 radical (unpaired) electrons. The molecule has 2 N–H and O–H groups in total. The van der Waals surface area contributed by atoms with Crippen LogP contribution in [0, 0.1) is 5.92 Å². The van der Waals surface area contributed by atoms with Gasteiger partial charge in [0.25, 0.3) is 5.91 Å². The molecule has 1 fully saturated rings. The lowest BCUT2D eigenvalue weighted by molar-refractivity contribution is -0.139. The van der Waals surface area contributed by atoms with Gasteiger partial charge in [-0.1, -0.05) is 11.6 Å². The van der Waals surface area contributed by atoms with Gasteiger partial charge in [-0.15, -0.1) is 0 Å². The fraction of sp³-hybridized carbons (Fsp3) is 0.562. The van der Waals surface area contributed by atoms with E-state index >= 15 is 0 Å². The number of benzene rings is 1. The van der Waals surface area contributed by atoms with Gasteiger partial charge < -0.3 is 15.4 Å². The zero-order valence-corrected chi connectivity index (χ0v) is 15.2. The first kappa shape index (κ1) is 17.6. The number of halogens is 2. The minimum absolute atomic E-state index is 0.00667. The number of likely N-dealkylation sites (tertiary alicyclic amines) is 1. The number of carbonyl (C=O) groups excluding carboxylic acids is 1. The van der Waals surface area contributed by atoms with E-state index < -0.39 is 6.10 Å². The van der Waals surface area contributed by atoms with Gasteiger partial charge in [-0.25, -0.2) is 0 Å². The van der Waals surface area contributed by atoms with Gasteiger partial charge in [0, 0.05) is 24.2 Å². The highest BCUT2D eigenvalue weighted by Gasteiger charge is 2.29. The maximum absolute atomic E-state index is 12.6. The summed E-state index contributed by atoms with van der Waals surface area (Å²) in [6.07, 6.45) is 1.54. The first-order chi connectivity index (χ1) is 10.4. The Morgan fingerprint density at radius 1 is 1.50 bits per heavy atom. The van der Waals surface area contributed by atoms with Crippen molar-refractivity contribution < 1.29 is 9.53 Å². The monoisotopic (exact) mass is 388 g/mol. The van der Waals surface area contributed by atoms with E-state index in [1.54, 1.807) is 25.1 Å². The summed E-state index contributed by atoms with van der Waals surface area (Å²) in [4.78, 5) is 14.4. The number of hydrogen-bond acceptors (Lipinski definition) is 3. The highest BCUT2D eigenvalue weighted by Crippen LogP contribution is 2.29. The van der Waals surface area contributed by atoms with Crippen molar-refractivity contribution in [3.8, 4) is 5.75 Å². The second-order valence-electron chi connectivity index (χ2n) is 5.88. The molecule has 22 heavy (non-hydrogen) atoms. The van der Waals surface area contributed by atoms with Crippen molar-refractivity contribution in [2.24, 2.45) is 11.7 Å². The second kappa shape index (κ2) is 7.66. The van der Waals surface area contributed by atoms with Crippen molar-refractivity contribution in [3.05, 3.63) is 27.7 Å². The van der Waals surface area contributed by atoms with Crippen LogP contribution >= 0.6 is 27.5 Å². The number of carbonyl (C=O) groups is 1. The van der Waals surface area contributed by atoms with Crippen molar-refractivity contribution in [3.63, 3.8) is 0 Å². The summed E-state index contributed by atoms with van der Waals surface area (Å²) >= 11 is 9.31. The molecule has 1 aliphatic heterocycles. The molecular weight excluding hydrogens is 368 g/mol. The molecule has 4 nitrogen and oxygen atoms in total. The van der Waals surface area contributed by atoms with Gasteiger partial charge in [-0.2, -0.15) is 0 Å². The van der Waals surface area contributed by atoms with Crippen LogP contribution < -0.4 is 10.5 Å². The molecule has 1 aromatic rings. The Kier molecular flexibility index (Phi) is 6.12. The third kappa shape index (κ3) is 4.37. The van der Waals surface area contributed by atoms with Gasteiger partial charge in [0.1, 0.15) is 5.75 Å². The molecule has 1 amide bonds. The molecule has 1 heterocycles. The molecule has 3 atom stereocenters. The average Bonchev–Trinajstić information content (AvgIpc) is 2.49. The first-order valence-corrected chi connectivity index (χ1v) is 8.71. The molecule has 2 rings (SSSR count). The molecule has 0 bridgehead atoms. The molecule has 122 valence electrons. The van der Waals surface area contributed by atoms with Crippen LogP contribution in [0.3, 0.4) is 0 Å². The zero-order chi connectivity index (χ0) is 16.3. The van der Waals surface area contributed by atoms with Crippen LogP contribution in [0.1, 0.15) is 26.7 Å². The highest BCUT2D eigenvalue weighted by molar-refractivity contribution is 9.10.